The van der Waals surface area contributed by atoms with E-state index in [1.54, 1.807) is 19.9 Å². The van der Waals surface area contributed by atoms with Crippen LogP contribution in [-0.2, 0) is 11.0 Å². The van der Waals surface area contributed by atoms with E-state index in [1.807, 2.05) is 12.1 Å². The lowest BCUT2D eigenvalue weighted by atomic mass is 9.71. The van der Waals surface area contributed by atoms with Crippen molar-refractivity contribution in [1.82, 2.24) is 0 Å². The fourth-order valence-corrected chi connectivity index (χ4v) is 2.87. The molecule has 0 heterocycles. The summed E-state index contributed by atoms with van der Waals surface area (Å²) in [5, 5.41) is 20.0. The molecule has 1 aromatic carbocycles. The molecule has 0 aliphatic heterocycles. The molecule has 108 valence electrons. The van der Waals surface area contributed by atoms with Gasteiger partial charge in [0.05, 0.1) is 5.60 Å². The van der Waals surface area contributed by atoms with Crippen LogP contribution in [0.5, 0.6) is 5.75 Å². The molecular formula is C17H28O2. The number of hydrogen-bond acceptors (Lipinski definition) is 2. The van der Waals surface area contributed by atoms with Gasteiger partial charge in [-0.2, -0.15) is 0 Å². The zero-order valence-electron chi connectivity index (χ0n) is 13.3. The van der Waals surface area contributed by atoms with E-state index in [0.29, 0.717) is 5.56 Å². The third-order valence-electron chi connectivity index (χ3n) is 3.41. The van der Waals surface area contributed by atoms with E-state index >= 15 is 0 Å². The second-order valence-electron chi connectivity index (χ2n) is 7.91. The Morgan fingerprint density at radius 2 is 1.47 bits per heavy atom. The summed E-state index contributed by atoms with van der Waals surface area (Å²) in [5.41, 5.74) is 0.949. The molecule has 0 fully saturated rings. The quantitative estimate of drug-likeness (QED) is 0.853. The van der Waals surface area contributed by atoms with Gasteiger partial charge >= 0.3 is 0 Å². The monoisotopic (exact) mass is 264 g/mol. The smallest absolute Gasteiger partial charge is 0.121 e. The van der Waals surface area contributed by atoms with Crippen LogP contribution in [0.4, 0.5) is 0 Å². The van der Waals surface area contributed by atoms with Gasteiger partial charge in [-0.1, -0.05) is 40.7 Å². The Labute approximate surface area is 117 Å². The fraction of sp³-hybridized carbons (Fsp3) is 0.647. The number of aliphatic hydroxyl groups is 1. The first-order chi connectivity index (χ1) is 8.33. The predicted molar refractivity (Wildman–Crippen MR) is 80.4 cm³/mol. The van der Waals surface area contributed by atoms with Crippen LogP contribution in [0, 0.1) is 5.41 Å². The summed E-state index contributed by atoms with van der Waals surface area (Å²) in [7, 11) is 0. The summed E-state index contributed by atoms with van der Waals surface area (Å²) >= 11 is 0. The lowest BCUT2D eigenvalue weighted by molar-refractivity contribution is 0.0756. The molecule has 0 amide bonds. The summed E-state index contributed by atoms with van der Waals surface area (Å²) in [4.78, 5) is 0. The van der Waals surface area contributed by atoms with Crippen molar-refractivity contribution in [3.63, 3.8) is 0 Å². The van der Waals surface area contributed by atoms with E-state index in [-0.39, 0.29) is 16.6 Å². The van der Waals surface area contributed by atoms with Gasteiger partial charge < -0.3 is 10.2 Å². The number of benzene rings is 1. The van der Waals surface area contributed by atoms with Crippen LogP contribution in [0.1, 0.15) is 66.0 Å². The zero-order chi connectivity index (χ0) is 15.1. The molecule has 0 atom stereocenters. The second kappa shape index (κ2) is 4.82. The van der Waals surface area contributed by atoms with Gasteiger partial charge in [0.25, 0.3) is 0 Å². The Kier molecular flexibility index (Phi) is 4.07. The zero-order valence-corrected chi connectivity index (χ0v) is 13.3. The van der Waals surface area contributed by atoms with Gasteiger partial charge in [-0.15, -0.1) is 0 Å². The van der Waals surface area contributed by atoms with Crippen molar-refractivity contribution < 1.29 is 10.2 Å². The highest BCUT2D eigenvalue weighted by Crippen LogP contribution is 2.39. The van der Waals surface area contributed by atoms with Crippen LogP contribution >= 0.6 is 0 Å². The molecule has 0 aliphatic rings. The Bertz CT molecular complexity index is 445. The molecule has 0 aromatic heterocycles. The molecule has 2 N–H and O–H groups in total. The SMILES string of the molecule is CC(C)(C)CC(C)(C)c1ccc(O)c(C(C)(C)O)c1. The maximum Gasteiger partial charge on any atom is 0.121 e. The van der Waals surface area contributed by atoms with E-state index in [1.165, 1.54) is 0 Å². The largest absolute Gasteiger partial charge is 0.508 e. The van der Waals surface area contributed by atoms with Gasteiger partial charge in [0.1, 0.15) is 5.75 Å². The van der Waals surface area contributed by atoms with Crippen molar-refractivity contribution in [2.75, 3.05) is 0 Å². The molecule has 19 heavy (non-hydrogen) atoms. The van der Waals surface area contributed by atoms with Crippen molar-refractivity contribution in [2.24, 2.45) is 5.41 Å². The van der Waals surface area contributed by atoms with Crippen LogP contribution in [-0.4, -0.2) is 10.2 Å². The molecule has 0 saturated heterocycles. The van der Waals surface area contributed by atoms with Gasteiger partial charge in [0.2, 0.25) is 0 Å². The Hall–Kier alpha value is -1.02. The third-order valence-corrected chi connectivity index (χ3v) is 3.41. The molecule has 0 unspecified atom stereocenters. The van der Waals surface area contributed by atoms with Crippen molar-refractivity contribution in [3.8, 4) is 5.75 Å². The first-order valence-electron chi connectivity index (χ1n) is 6.89. The normalized spacial score (nSPS) is 13.7. The maximum atomic E-state index is 10.1. The summed E-state index contributed by atoms with van der Waals surface area (Å²) in [6.45, 7) is 14.5. The minimum Gasteiger partial charge on any atom is -0.508 e. The first-order valence-corrected chi connectivity index (χ1v) is 6.89. The van der Waals surface area contributed by atoms with Gasteiger partial charge in [0.15, 0.2) is 0 Å². The molecule has 2 nitrogen and oxygen atoms in total. The number of aromatic hydroxyl groups is 1. The summed E-state index contributed by atoms with van der Waals surface area (Å²) < 4.78 is 0. The molecule has 0 saturated carbocycles. The minimum atomic E-state index is -1.03. The van der Waals surface area contributed by atoms with Crippen LogP contribution in [0.15, 0.2) is 18.2 Å². The molecule has 1 rings (SSSR count). The highest BCUT2D eigenvalue weighted by molar-refractivity contribution is 5.42. The van der Waals surface area contributed by atoms with Crippen molar-refractivity contribution in [3.05, 3.63) is 29.3 Å². The van der Waals surface area contributed by atoms with E-state index in [9.17, 15) is 10.2 Å². The van der Waals surface area contributed by atoms with E-state index in [2.05, 4.69) is 34.6 Å². The summed E-state index contributed by atoms with van der Waals surface area (Å²) in [6, 6.07) is 5.57. The summed E-state index contributed by atoms with van der Waals surface area (Å²) in [5.74, 6) is 0.155. The Morgan fingerprint density at radius 3 is 1.89 bits per heavy atom. The van der Waals surface area contributed by atoms with Crippen molar-refractivity contribution in [1.29, 1.82) is 0 Å². The first kappa shape index (κ1) is 16.0. The number of phenolic OH excluding ortho intramolecular Hbond substituents is 1. The molecule has 0 spiro atoms. The van der Waals surface area contributed by atoms with Crippen LogP contribution in [0.2, 0.25) is 0 Å². The van der Waals surface area contributed by atoms with Gasteiger partial charge in [-0.25, -0.2) is 0 Å². The average molecular weight is 264 g/mol. The molecule has 2 heteroatoms. The third kappa shape index (κ3) is 4.24. The molecule has 1 aromatic rings. The van der Waals surface area contributed by atoms with Gasteiger partial charge in [0, 0.05) is 5.56 Å². The number of hydrogen-bond donors (Lipinski definition) is 2. The number of phenols is 1. The highest BCUT2D eigenvalue weighted by atomic mass is 16.3. The number of rotatable bonds is 3. The van der Waals surface area contributed by atoms with E-state index in [4.69, 9.17) is 0 Å². The molecule has 0 radical (unpaired) electrons. The molecule has 0 bridgehead atoms. The van der Waals surface area contributed by atoms with Gasteiger partial charge in [-0.3, -0.25) is 0 Å². The Balaban J connectivity index is 3.22. The minimum absolute atomic E-state index is 0.00590. The van der Waals surface area contributed by atoms with E-state index in [0.717, 1.165) is 12.0 Å². The molecule has 0 aliphatic carbocycles. The van der Waals surface area contributed by atoms with Crippen LogP contribution in [0.25, 0.3) is 0 Å². The highest BCUT2D eigenvalue weighted by Gasteiger charge is 2.29. The maximum absolute atomic E-state index is 10.1. The molecular weight excluding hydrogens is 236 g/mol. The Morgan fingerprint density at radius 1 is 0.947 bits per heavy atom. The predicted octanol–water partition coefficient (Wildman–Crippen LogP) is 4.33. The van der Waals surface area contributed by atoms with Gasteiger partial charge in [-0.05, 0) is 48.8 Å². The van der Waals surface area contributed by atoms with Crippen LogP contribution in [0.3, 0.4) is 0 Å². The lowest BCUT2D eigenvalue weighted by Gasteiger charge is -2.34. The van der Waals surface area contributed by atoms with Crippen LogP contribution < -0.4 is 0 Å². The fourth-order valence-electron chi connectivity index (χ4n) is 2.87. The topological polar surface area (TPSA) is 40.5 Å². The lowest BCUT2D eigenvalue weighted by Crippen LogP contribution is -2.26. The average Bonchev–Trinajstić information content (AvgIpc) is 2.11. The van der Waals surface area contributed by atoms with Crippen molar-refractivity contribution >= 4 is 0 Å². The summed E-state index contributed by atoms with van der Waals surface area (Å²) in [6.07, 6.45) is 1.04. The van der Waals surface area contributed by atoms with E-state index < -0.39 is 5.60 Å². The standard InChI is InChI=1S/C17H28O2/c1-15(2,3)11-16(4,5)12-8-9-14(18)13(10-12)17(6,7)19/h8-10,18-19H,11H2,1-7H3. The second-order valence-corrected chi connectivity index (χ2v) is 7.91. The van der Waals surface area contributed by atoms with Crippen molar-refractivity contribution in [2.45, 2.75) is 65.9 Å².